The summed E-state index contributed by atoms with van der Waals surface area (Å²) in [4.78, 5) is 17.0. The van der Waals surface area contributed by atoms with Crippen molar-refractivity contribution >= 4 is 39.7 Å². The van der Waals surface area contributed by atoms with Crippen molar-refractivity contribution in [3.05, 3.63) is 92.7 Å². The van der Waals surface area contributed by atoms with Gasteiger partial charge in [0, 0.05) is 35.2 Å². The summed E-state index contributed by atoms with van der Waals surface area (Å²) < 4.78 is 4.73. The second-order valence-electron chi connectivity index (χ2n) is 6.44. The van der Waals surface area contributed by atoms with Crippen molar-refractivity contribution in [1.82, 2.24) is 14.0 Å². The fourth-order valence-electron chi connectivity index (χ4n) is 3.09. The molecule has 1 N–H and O–H groups in total. The van der Waals surface area contributed by atoms with Gasteiger partial charge in [-0.25, -0.2) is 4.98 Å². The number of halogens is 2. The molecule has 0 aliphatic heterocycles. The van der Waals surface area contributed by atoms with E-state index in [1.54, 1.807) is 22.9 Å². The highest BCUT2D eigenvalue weighted by Crippen LogP contribution is 2.25. The molecular formula is C21H20BrClN4O. The largest absolute Gasteiger partial charge is 0.378 e. The van der Waals surface area contributed by atoms with Gasteiger partial charge >= 0.3 is 0 Å². The lowest BCUT2D eigenvalue weighted by molar-refractivity contribution is 0.959. The van der Waals surface area contributed by atoms with Crippen molar-refractivity contribution in [1.29, 1.82) is 0 Å². The summed E-state index contributed by atoms with van der Waals surface area (Å²) >= 11 is 3.59. The number of pyridine rings is 2. The molecule has 0 spiro atoms. The van der Waals surface area contributed by atoms with Gasteiger partial charge in [0.15, 0.2) is 5.65 Å². The summed E-state index contributed by atoms with van der Waals surface area (Å²) in [5.74, 6) is 0. The number of aryl methyl sites for hydroxylation is 2. The van der Waals surface area contributed by atoms with Crippen molar-refractivity contribution in [2.75, 3.05) is 5.32 Å². The van der Waals surface area contributed by atoms with Crippen molar-refractivity contribution in [3.63, 3.8) is 0 Å². The third-order valence-electron chi connectivity index (χ3n) is 4.71. The Kier molecular flexibility index (Phi) is 5.91. The van der Waals surface area contributed by atoms with Gasteiger partial charge in [0.25, 0.3) is 5.56 Å². The molecular weight excluding hydrogens is 440 g/mol. The van der Waals surface area contributed by atoms with Crippen LogP contribution >= 0.6 is 28.3 Å². The Hall–Kier alpha value is -2.57. The second kappa shape index (κ2) is 8.20. The Morgan fingerprint density at radius 1 is 1.11 bits per heavy atom. The first-order chi connectivity index (χ1) is 13.0. The maximum Gasteiger partial charge on any atom is 0.255 e. The smallest absolute Gasteiger partial charge is 0.255 e. The molecule has 4 rings (SSSR count). The summed E-state index contributed by atoms with van der Waals surface area (Å²) in [6.07, 6.45) is 3.73. The minimum Gasteiger partial charge on any atom is -0.378 e. The zero-order chi connectivity index (χ0) is 19.0. The Labute approximate surface area is 177 Å². The van der Waals surface area contributed by atoms with Crippen LogP contribution in [0.25, 0.3) is 11.3 Å². The first-order valence-electron chi connectivity index (χ1n) is 8.69. The van der Waals surface area contributed by atoms with Gasteiger partial charge in [0.05, 0.1) is 17.1 Å². The molecule has 3 heterocycles. The van der Waals surface area contributed by atoms with Crippen LogP contribution in [-0.2, 0) is 6.54 Å². The molecule has 0 unspecified atom stereocenters. The minimum atomic E-state index is -0.0666. The topological polar surface area (TPSA) is 51.3 Å². The first-order valence-corrected chi connectivity index (χ1v) is 9.48. The molecule has 144 valence electrons. The van der Waals surface area contributed by atoms with Crippen molar-refractivity contribution in [2.24, 2.45) is 0 Å². The minimum absolute atomic E-state index is 0. The van der Waals surface area contributed by atoms with Crippen LogP contribution in [0.15, 0.2) is 70.2 Å². The van der Waals surface area contributed by atoms with Crippen LogP contribution in [0.3, 0.4) is 0 Å². The molecule has 0 aliphatic rings. The van der Waals surface area contributed by atoms with Gasteiger partial charge in [0.2, 0.25) is 0 Å². The van der Waals surface area contributed by atoms with Gasteiger partial charge in [-0.3, -0.25) is 9.36 Å². The maximum absolute atomic E-state index is 12.3. The normalized spacial score (nSPS) is 10.7. The molecule has 7 heteroatoms. The van der Waals surface area contributed by atoms with E-state index in [4.69, 9.17) is 4.98 Å². The Morgan fingerprint density at radius 3 is 2.61 bits per heavy atom. The molecule has 0 saturated carbocycles. The molecule has 0 amide bonds. The van der Waals surface area contributed by atoms with Crippen molar-refractivity contribution in [2.45, 2.75) is 20.4 Å². The highest BCUT2D eigenvalue weighted by molar-refractivity contribution is 9.10. The first kappa shape index (κ1) is 20.2. The standard InChI is InChI=1S/C21H19BrN4O.ClH/c1-14-15(2)26-13-17(25-10-6-5-9-20(25)27)11-19(21(26)24-14)23-12-16-7-3-4-8-18(16)22;/h3-11,13,23H,12H2,1-2H3;1H. The summed E-state index contributed by atoms with van der Waals surface area (Å²) in [5, 5.41) is 3.49. The van der Waals surface area contributed by atoms with Gasteiger partial charge in [-0.15, -0.1) is 12.4 Å². The van der Waals surface area contributed by atoms with E-state index >= 15 is 0 Å². The van der Waals surface area contributed by atoms with E-state index in [0.29, 0.717) is 6.54 Å². The lowest BCUT2D eigenvalue weighted by atomic mass is 10.2. The predicted octanol–water partition coefficient (Wildman–Crippen LogP) is 4.90. The van der Waals surface area contributed by atoms with E-state index < -0.39 is 0 Å². The number of nitrogens with one attached hydrogen (secondary N) is 1. The molecule has 0 bridgehead atoms. The summed E-state index contributed by atoms with van der Waals surface area (Å²) in [6.45, 7) is 4.67. The molecule has 3 aromatic heterocycles. The molecule has 28 heavy (non-hydrogen) atoms. The van der Waals surface area contributed by atoms with E-state index in [-0.39, 0.29) is 18.0 Å². The van der Waals surface area contributed by atoms with Gasteiger partial charge in [-0.2, -0.15) is 0 Å². The monoisotopic (exact) mass is 458 g/mol. The van der Waals surface area contributed by atoms with Crippen LogP contribution in [0.4, 0.5) is 5.69 Å². The van der Waals surface area contributed by atoms with Gasteiger partial charge < -0.3 is 9.72 Å². The molecule has 0 fully saturated rings. The van der Waals surface area contributed by atoms with Gasteiger partial charge in [-0.05, 0) is 37.6 Å². The number of hydrogen-bond donors (Lipinski definition) is 1. The number of imidazole rings is 1. The third kappa shape index (κ3) is 3.70. The number of hydrogen-bond acceptors (Lipinski definition) is 3. The molecule has 0 saturated heterocycles. The predicted molar refractivity (Wildman–Crippen MR) is 119 cm³/mol. The van der Waals surface area contributed by atoms with Crippen LogP contribution in [0.2, 0.25) is 0 Å². The van der Waals surface area contributed by atoms with Crippen LogP contribution in [0.1, 0.15) is 17.0 Å². The highest BCUT2D eigenvalue weighted by atomic mass is 79.9. The summed E-state index contributed by atoms with van der Waals surface area (Å²) in [7, 11) is 0. The quantitative estimate of drug-likeness (QED) is 0.472. The molecule has 5 nitrogen and oxygen atoms in total. The fraction of sp³-hybridized carbons (Fsp3) is 0.143. The van der Waals surface area contributed by atoms with E-state index in [1.165, 1.54) is 0 Å². The van der Waals surface area contributed by atoms with E-state index in [9.17, 15) is 4.79 Å². The molecule has 0 aliphatic carbocycles. The average Bonchev–Trinajstić information content (AvgIpc) is 2.96. The number of aromatic nitrogens is 3. The van der Waals surface area contributed by atoms with Crippen molar-refractivity contribution < 1.29 is 0 Å². The number of fused-ring (bicyclic) bond motifs is 1. The van der Waals surface area contributed by atoms with Crippen molar-refractivity contribution in [3.8, 4) is 5.69 Å². The summed E-state index contributed by atoms with van der Waals surface area (Å²) in [5.41, 5.74) is 5.64. The Balaban J connectivity index is 0.00000225. The van der Waals surface area contributed by atoms with Crippen LogP contribution in [0.5, 0.6) is 0 Å². The fourth-order valence-corrected chi connectivity index (χ4v) is 3.52. The number of anilines is 1. The number of nitrogens with zero attached hydrogens (tertiary/aromatic N) is 3. The average molecular weight is 460 g/mol. The van der Waals surface area contributed by atoms with Gasteiger partial charge in [0.1, 0.15) is 0 Å². The lowest BCUT2D eigenvalue weighted by Gasteiger charge is -2.13. The Morgan fingerprint density at radius 2 is 1.86 bits per heavy atom. The number of benzene rings is 1. The molecule has 0 radical (unpaired) electrons. The Bertz CT molecular complexity index is 1200. The molecule has 4 aromatic rings. The lowest BCUT2D eigenvalue weighted by Crippen LogP contribution is -2.16. The SMILES string of the molecule is Cc1nc2c(NCc3ccccc3Br)cc(-n3ccccc3=O)cn2c1C.Cl. The van der Waals surface area contributed by atoms with E-state index in [0.717, 1.165) is 38.4 Å². The molecule has 1 aromatic carbocycles. The van der Waals surface area contributed by atoms with E-state index in [2.05, 4.69) is 27.3 Å². The van der Waals surface area contributed by atoms with Crippen LogP contribution < -0.4 is 10.9 Å². The third-order valence-corrected chi connectivity index (χ3v) is 5.48. The maximum atomic E-state index is 12.3. The van der Waals surface area contributed by atoms with Crippen LogP contribution in [0, 0.1) is 13.8 Å². The number of rotatable bonds is 4. The van der Waals surface area contributed by atoms with Gasteiger partial charge in [-0.1, -0.05) is 40.2 Å². The zero-order valence-corrected chi connectivity index (χ0v) is 17.9. The molecule has 0 atom stereocenters. The second-order valence-corrected chi connectivity index (χ2v) is 7.30. The zero-order valence-electron chi connectivity index (χ0n) is 15.5. The highest BCUT2D eigenvalue weighted by Gasteiger charge is 2.12. The van der Waals surface area contributed by atoms with Crippen LogP contribution in [-0.4, -0.2) is 14.0 Å². The van der Waals surface area contributed by atoms with E-state index in [1.807, 2.05) is 54.8 Å². The summed E-state index contributed by atoms with van der Waals surface area (Å²) in [6, 6.07) is 15.2.